The first-order chi connectivity index (χ1) is 8.40. The molecular weight excluding hydrogens is 252 g/mol. The van der Waals surface area contributed by atoms with Crippen molar-refractivity contribution in [2.45, 2.75) is 44.7 Å². The summed E-state index contributed by atoms with van der Waals surface area (Å²) in [5.41, 5.74) is -0.829. The van der Waals surface area contributed by atoms with Gasteiger partial charge in [-0.2, -0.15) is 0 Å². The monoisotopic (exact) mass is 272 g/mol. The van der Waals surface area contributed by atoms with E-state index < -0.39 is 16.3 Å². The van der Waals surface area contributed by atoms with Crippen molar-refractivity contribution in [2.75, 3.05) is 18.1 Å². The third-order valence-corrected chi connectivity index (χ3v) is 5.01. The Balaban J connectivity index is 2.13. The molecule has 18 heavy (non-hydrogen) atoms. The van der Waals surface area contributed by atoms with E-state index in [0.29, 0.717) is 24.5 Å². The van der Waals surface area contributed by atoms with Gasteiger partial charge >= 0.3 is 0 Å². The summed E-state index contributed by atoms with van der Waals surface area (Å²) < 4.78 is 11.4. The van der Waals surface area contributed by atoms with Gasteiger partial charge in [0, 0.05) is 41.3 Å². The molecule has 0 atom stereocenters. The molecule has 2 fully saturated rings. The van der Waals surface area contributed by atoms with Gasteiger partial charge < -0.3 is 10.2 Å². The van der Waals surface area contributed by atoms with Crippen LogP contribution < -0.4 is 5.32 Å². The fraction of sp³-hybridized carbons (Fsp3) is 0.833. The quantitative estimate of drug-likeness (QED) is 0.732. The second-order valence-electron chi connectivity index (χ2n) is 5.50. The lowest BCUT2D eigenvalue weighted by molar-refractivity contribution is -0.139. The van der Waals surface area contributed by atoms with Crippen LogP contribution >= 0.6 is 0 Å². The van der Waals surface area contributed by atoms with Crippen molar-refractivity contribution in [3.8, 4) is 0 Å². The molecule has 0 bridgehead atoms. The molecule has 102 valence electrons. The molecule has 0 spiro atoms. The van der Waals surface area contributed by atoms with Crippen LogP contribution in [0.3, 0.4) is 0 Å². The van der Waals surface area contributed by atoms with E-state index >= 15 is 0 Å². The van der Waals surface area contributed by atoms with E-state index in [0.717, 1.165) is 12.8 Å². The topological polar surface area (TPSA) is 66.5 Å². The van der Waals surface area contributed by atoms with Gasteiger partial charge in [0.2, 0.25) is 11.8 Å². The highest BCUT2D eigenvalue weighted by atomic mass is 32.2. The van der Waals surface area contributed by atoms with Gasteiger partial charge in [-0.25, -0.2) is 0 Å². The Labute approximate surface area is 110 Å². The van der Waals surface area contributed by atoms with Gasteiger partial charge in [0.25, 0.3) is 0 Å². The molecule has 0 aromatic rings. The number of nitrogens with one attached hydrogen (secondary N) is 1. The van der Waals surface area contributed by atoms with Crippen molar-refractivity contribution in [3.63, 3.8) is 0 Å². The van der Waals surface area contributed by atoms with Crippen LogP contribution in [0.15, 0.2) is 0 Å². The summed E-state index contributed by atoms with van der Waals surface area (Å²) in [7, 11) is -0.728. The first-order valence-corrected chi connectivity index (χ1v) is 7.86. The van der Waals surface area contributed by atoms with Crippen molar-refractivity contribution in [2.24, 2.45) is 0 Å². The molecule has 0 aliphatic carbocycles. The second-order valence-corrected chi connectivity index (χ2v) is 7.20. The summed E-state index contributed by atoms with van der Waals surface area (Å²) in [5.74, 6) is 1.23. The Bertz CT molecular complexity index is 385. The zero-order valence-electron chi connectivity index (χ0n) is 10.9. The minimum atomic E-state index is -0.829. The SMILES string of the molecule is CC1(C)NC(=O)CCN(C2CCS(=O)CC2)C1=O. The van der Waals surface area contributed by atoms with Crippen molar-refractivity contribution >= 4 is 22.6 Å². The molecule has 0 saturated carbocycles. The Morgan fingerprint density at radius 1 is 1.28 bits per heavy atom. The Morgan fingerprint density at radius 2 is 1.89 bits per heavy atom. The van der Waals surface area contributed by atoms with Crippen molar-refractivity contribution < 1.29 is 13.8 Å². The summed E-state index contributed by atoms with van der Waals surface area (Å²) in [6, 6.07) is 0.141. The van der Waals surface area contributed by atoms with E-state index in [-0.39, 0.29) is 17.9 Å². The molecule has 0 radical (unpaired) electrons. The van der Waals surface area contributed by atoms with Gasteiger partial charge in [0.05, 0.1) is 0 Å². The molecule has 0 unspecified atom stereocenters. The van der Waals surface area contributed by atoms with Crippen LogP contribution in [0.1, 0.15) is 33.1 Å². The van der Waals surface area contributed by atoms with E-state index in [1.165, 1.54) is 0 Å². The zero-order chi connectivity index (χ0) is 13.3. The van der Waals surface area contributed by atoms with Crippen LogP contribution in [0.2, 0.25) is 0 Å². The summed E-state index contributed by atoms with van der Waals surface area (Å²) in [5, 5.41) is 2.76. The van der Waals surface area contributed by atoms with E-state index in [9.17, 15) is 13.8 Å². The average molecular weight is 272 g/mol. The van der Waals surface area contributed by atoms with Crippen molar-refractivity contribution in [1.82, 2.24) is 10.2 Å². The van der Waals surface area contributed by atoms with Crippen molar-refractivity contribution in [1.29, 1.82) is 0 Å². The molecule has 2 amide bonds. The number of nitrogens with zero attached hydrogens (tertiary/aromatic N) is 1. The largest absolute Gasteiger partial charge is 0.342 e. The smallest absolute Gasteiger partial charge is 0.248 e. The third-order valence-electron chi connectivity index (χ3n) is 3.63. The molecule has 0 aromatic carbocycles. The van der Waals surface area contributed by atoms with E-state index in [1.807, 2.05) is 4.90 Å². The van der Waals surface area contributed by atoms with Crippen LogP contribution in [0.5, 0.6) is 0 Å². The molecular formula is C12H20N2O3S. The van der Waals surface area contributed by atoms with Gasteiger partial charge in [-0.3, -0.25) is 13.8 Å². The summed E-state index contributed by atoms with van der Waals surface area (Å²) in [6.07, 6.45) is 1.92. The first-order valence-electron chi connectivity index (χ1n) is 6.37. The minimum Gasteiger partial charge on any atom is -0.342 e. The average Bonchev–Trinajstić information content (AvgIpc) is 2.39. The molecule has 2 saturated heterocycles. The Morgan fingerprint density at radius 3 is 2.50 bits per heavy atom. The van der Waals surface area contributed by atoms with Gasteiger partial charge in [-0.05, 0) is 26.7 Å². The number of rotatable bonds is 1. The lowest BCUT2D eigenvalue weighted by Crippen LogP contribution is -2.55. The van der Waals surface area contributed by atoms with Gasteiger partial charge in [0.1, 0.15) is 5.54 Å². The Kier molecular flexibility index (Phi) is 3.75. The lowest BCUT2D eigenvalue weighted by atomic mass is 10.0. The predicted molar refractivity (Wildman–Crippen MR) is 69.5 cm³/mol. The number of hydrogen-bond acceptors (Lipinski definition) is 3. The second kappa shape index (κ2) is 4.99. The lowest BCUT2D eigenvalue weighted by Gasteiger charge is -2.36. The van der Waals surface area contributed by atoms with E-state index in [4.69, 9.17) is 0 Å². The summed E-state index contributed by atoms with van der Waals surface area (Å²) in [4.78, 5) is 25.8. The zero-order valence-corrected chi connectivity index (χ0v) is 11.7. The number of carbonyl (C=O) groups excluding carboxylic acids is 2. The first kappa shape index (κ1) is 13.5. The number of amides is 2. The Hall–Kier alpha value is -0.910. The third kappa shape index (κ3) is 2.74. The summed E-state index contributed by atoms with van der Waals surface area (Å²) in [6.45, 7) is 3.96. The maximum atomic E-state index is 12.4. The predicted octanol–water partition coefficient (Wildman–Crippen LogP) is 0.0246. The van der Waals surface area contributed by atoms with Gasteiger partial charge in [-0.1, -0.05) is 0 Å². The summed E-state index contributed by atoms with van der Waals surface area (Å²) >= 11 is 0. The molecule has 2 heterocycles. The molecule has 2 aliphatic heterocycles. The van der Waals surface area contributed by atoms with Crippen LogP contribution in [-0.4, -0.2) is 50.6 Å². The van der Waals surface area contributed by atoms with Crippen LogP contribution in [0.25, 0.3) is 0 Å². The highest BCUT2D eigenvalue weighted by Crippen LogP contribution is 2.22. The standard InChI is InChI=1S/C12H20N2O3S/c1-12(2)11(16)14(6-3-10(15)13-12)9-4-7-18(17)8-5-9/h9H,3-8H2,1-2H3,(H,13,15). The highest BCUT2D eigenvalue weighted by molar-refractivity contribution is 7.85. The molecule has 5 nitrogen and oxygen atoms in total. The normalized spacial score (nSPS) is 32.9. The van der Waals surface area contributed by atoms with Crippen LogP contribution in [0, 0.1) is 0 Å². The molecule has 6 heteroatoms. The molecule has 0 aromatic heterocycles. The molecule has 2 aliphatic rings. The van der Waals surface area contributed by atoms with Crippen LogP contribution in [0.4, 0.5) is 0 Å². The number of hydrogen-bond donors (Lipinski definition) is 1. The molecule has 2 rings (SSSR count). The number of carbonyl (C=O) groups is 2. The minimum absolute atomic E-state index is 0.0222. The van der Waals surface area contributed by atoms with E-state index in [1.54, 1.807) is 13.8 Å². The maximum Gasteiger partial charge on any atom is 0.248 e. The van der Waals surface area contributed by atoms with Gasteiger partial charge in [-0.15, -0.1) is 0 Å². The van der Waals surface area contributed by atoms with Crippen molar-refractivity contribution in [3.05, 3.63) is 0 Å². The fourth-order valence-electron chi connectivity index (χ4n) is 2.59. The molecule has 1 N–H and O–H groups in total. The van der Waals surface area contributed by atoms with E-state index in [2.05, 4.69) is 5.32 Å². The highest BCUT2D eigenvalue weighted by Gasteiger charge is 2.39. The fourth-order valence-corrected chi connectivity index (χ4v) is 3.86. The van der Waals surface area contributed by atoms with Crippen LogP contribution in [-0.2, 0) is 20.4 Å². The van der Waals surface area contributed by atoms with Gasteiger partial charge in [0.15, 0.2) is 0 Å². The maximum absolute atomic E-state index is 12.4.